The highest BCUT2D eigenvalue weighted by atomic mass is 16.5. The van der Waals surface area contributed by atoms with Crippen LogP contribution in [0.1, 0.15) is 28.6 Å². The van der Waals surface area contributed by atoms with Crippen molar-refractivity contribution in [2.75, 3.05) is 13.2 Å². The lowest BCUT2D eigenvalue weighted by Crippen LogP contribution is -2.31. The molecule has 1 atom stereocenters. The Morgan fingerprint density at radius 1 is 1.00 bits per heavy atom. The van der Waals surface area contributed by atoms with Crippen LogP contribution in [0, 0.1) is 6.92 Å². The van der Waals surface area contributed by atoms with Gasteiger partial charge in [-0.05, 0) is 42.3 Å². The van der Waals surface area contributed by atoms with E-state index in [0.29, 0.717) is 24.7 Å². The Labute approximate surface area is 204 Å². The number of nitrogens with zero attached hydrogens (tertiary/aromatic N) is 1. The molecule has 3 aromatic carbocycles. The quantitative estimate of drug-likeness (QED) is 0.328. The number of hydrogen-bond donors (Lipinski definition) is 2. The number of carbonyl (C=O) groups excluding carboxylic acids is 1. The summed E-state index contributed by atoms with van der Waals surface area (Å²) in [4.78, 5) is 16.7. The molecule has 7 heteroatoms. The van der Waals surface area contributed by atoms with Crippen molar-refractivity contribution in [2.24, 2.45) is 0 Å². The van der Waals surface area contributed by atoms with Crippen molar-refractivity contribution in [3.05, 3.63) is 108 Å². The topological polar surface area (TPSA) is 93.8 Å². The average molecular weight is 473 g/mol. The molecule has 0 fully saturated rings. The first kappa shape index (κ1) is 24.0. The minimum atomic E-state index is -0.592. The van der Waals surface area contributed by atoms with Gasteiger partial charge >= 0.3 is 6.09 Å². The molecular formula is C28H28N2O5. The van der Waals surface area contributed by atoms with Crippen LogP contribution in [-0.2, 0) is 17.8 Å². The van der Waals surface area contributed by atoms with Crippen molar-refractivity contribution >= 4 is 6.09 Å². The summed E-state index contributed by atoms with van der Waals surface area (Å²) < 4.78 is 16.9. The Kier molecular flexibility index (Phi) is 8.14. The third kappa shape index (κ3) is 6.71. The van der Waals surface area contributed by atoms with Gasteiger partial charge in [-0.2, -0.15) is 0 Å². The molecule has 7 nitrogen and oxygen atoms in total. The number of rotatable bonds is 10. The van der Waals surface area contributed by atoms with Crippen molar-refractivity contribution < 1.29 is 23.8 Å². The molecule has 0 saturated carbocycles. The summed E-state index contributed by atoms with van der Waals surface area (Å²) in [5.41, 5.74) is 3.44. The number of hydrogen-bond acceptors (Lipinski definition) is 6. The zero-order valence-corrected chi connectivity index (χ0v) is 19.5. The summed E-state index contributed by atoms with van der Waals surface area (Å²) in [5.74, 6) is 2.06. The largest absolute Gasteiger partial charge is 0.493 e. The van der Waals surface area contributed by atoms with Gasteiger partial charge in [-0.15, -0.1) is 0 Å². The van der Waals surface area contributed by atoms with Crippen LogP contribution in [0.25, 0.3) is 11.5 Å². The fourth-order valence-electron chi connectivity index (χ4n) is 3.57. The molecule has 0 unspecified atom stereocenters. The van der Waals surface area contributed by atoms with Crippen LogP contribution in [-0.4, -0.2) is 29.4 Å². The van der Waals surface area contributed by atoms with Crippen LogP contribution in [0.5, 0.6) is 5.75 Å². The lowest BCUT2D eigenvalue weighted by atomic mass is 10.1. The van der Waals surface area contributed by atoms with Crippen LogP contribution in [0.2, 0.25) is 0 Å². The Morgan fingerprint density at radius 3 is 2.37 bits per heavy atom. The van der Waals surface area contributed by atoms with Gasteiger partial charge < -0.3 is 24.3 Å². The summed E-state index contributed by atoms with van der Waals surface area (Å²) in [6.07, 6.45) is 0.0175. The maximum atomic E-state index is 12.1. The number of alkyl carbamates (subject to hydrolysis) is 1. The number of aliphatic hydroxyl groups excluding tert-OH is 1. The molecule has 0 saturated heterocycles. The molecule has 0 aliphatic carbocycles. The molecule has 35 heavy (non-hydrogen) atoms. The minimum absolute atomic E-state index is 0.162. The molecule has 1 heterocycles. The summed E-state index contributed by atoms with van der Waals surface area (Å²) >= 11 is 0. The number of carbonyl (C=O) groups is 1. The summed E-state index contributed by atoms with van der Waals surface area (Å²) in [5, 5.41) is 12.4. The third-order valence-electron chi connectivity index (χ3n) is 5.49. The van der Waals surface area contributed by atoms with Crippen LogP contribution >= 0.6 is 0 Å². The second kappa shape index (κ2) is 11.9. The molecule has 0 spiro atoms. The molecule has 0 radical (unpaired) electrons. The van der Waals surface area contributed by atoms with Crippen molar-refractivity contribution in [1.29, 1.82) is 0 Å². The van der Waals surface area contributed by atoms with Crippen molar-refractivity contribution in [3.8, 4) is 17.2 Å². The van der Waals surface area contributed by atoms with Gasteiger partial charge in [-0.25, -0.2) is 9.78 Å². The fourth-order valence-corrected chi connectivity index (χ4v) is 3.57. The van der Waals surface area contributed by atoms with Gasteiger partial charge in [0.05, 0.1) is 24.9 Å². The van der Waals surface area contributed by atoms with Crippen LogP contribution in [0.4, 0.5) is 4.79 Å². The van der Waals surface area contributed by atoms with Crippen molar-refractivity contribution in [2.45, 2.75) is 26.0 Å². The minimum Gasteiger partial charge on any atom is -0.493 e. The highest BCUT2D eigenvalue weighted by molar-refractivity contribution is 5.68. The third-order valence-corrected chi connectivity index (χ3v) is 5.49. The molecule has 0 aliphatic rings. The SMILES string of the molecule is Cc1oc(-c2ccccc2)nc1CCOc1ccc([C@@H](CO)NC(=O)OCc2ccccc2)cc1. The maximum Gasteiger partial charge on any atom is 0.408 e. The van der Waals surface area contributed by atoms with Gasteiger partial charge in [0.2, 0.25) is 5.89 Å². The number of aryl methyl sites for hydroxylation is 1. The molecule has 1 aromatic heterocycles. The number of benzene rings is 3. The molecule has 2 N–H and O–H groups in total. The highest BCUT2D eigenvalue weighted by Gasteiger charge is 2.15. The Hall–Kier alpha value is -4.10. The van der Waals surface area contributed by atoms with Gasteiger partial charge in [0.25, 0.3) is 0 Å². The molecule has 180 valence electrons. The van der Waals surface area contributed by atoms with Gasteiger partial charge in [0.1, 0.15) is 18.1 Å². The first-order valence-electron chi connectivity index (χ1n) is 11.4. The van der Waals surface area contributed by atoms with E-state index in [9.17, 15) is 9.90 Å². The smallest absolute Gasteiger partial charge is 0.408 e. The number of oxazole rings is 1. The zero-order chi connectivity index (χ0) is 24.5. The first-order valence-corrected chi connectivity index (χ1v) is 11.4. The predicted molar refractivity (Wildman–Crippen MR) is 132 cm³/mol. The lowest BCUT2D eigenvalue weighted by molar-refractivity contribution is 0.129. The Morgan fingerprint density at radius 2 is 1.69 bits per heavy atom. The highest BCUT2D eigenvalue weighted by Crippen LogP contribution is 2.22. The van der Waals surface area contributed by atoms with Crippen LogP contribution in [0.15, 0.2) is 89.3 Å². The van der Waals surface area contributed by atoms with E-state index in [0.717, 1.165) is 28.1 Å². The van der Waals surface area contributed by atoms with E-state index >= 15 is 0 Å². The second-order valence-corrected chi connectivity index (χ2v) is 8.00. The van der Waals surface area contributed by atoms with E-state index in [-0.39, 0.29) is 13.2 Å². The van der Waals surface area contributed by atoms with Gasteiger partial charge in [0.15, 0.2) is 0 Å². The second-order valence-electron chi connectivity index (χ2n) is 8.00. The van der Waals surface area contributed by atoms with Gasteiger partial charge in [0, 0.05) is 12.0 Å². The average Bonchev–Trinajstić information content (AvgIpc) is 3.28. The van der Waals surface area contributed by atoms with E-state index in [1.165, 1.54) is 0 Å². The lowest BCUT2D eigenvalue weighted by Gasteiger charge is -2.17. The number of ether oxygens (including phenoxy) is 2. The van der Waals surface area contributed by atoms with Gasteiger partial charge in [-0.3, -0.25) is 0 Å². The monoisotopic (exact) mass is 472 g/mol. The van der Waals surface area contributed by atoms with Crippen molar-refractivity contribution in [1.82, 2.24) is 10.3 Å². The van der Waals surface area contributed by atoms with Crippen molar-refractivity contribution in [3.63, 3.8) is 0 Å². The molecule has 1 amide bonds. The maximum absolute atomic E-state index is 12.1. The summed E-state index contributed by atoms with van der Waals surface area (Å²) in [6, 6.07) is 25.8. The Balaban J connectivity index is 1.26. The van der Waals surface area contributed by atoms with Crippen LogP contribution in [0.3, 0.4) is 0 Å². The Bertz CT molecular complexity index is 1210. The van der Waals surface area contributed by atoms with E-state index in [1.54, 1.807) is 12.1 Å². The van der Waals surface area contributed by atoms with E-state index in [2.05, 4.69) is 10.3 Å². The number of nitrogens with one attached hydrogen (secondary N) is 1. The molecular weight excluding hydrogens is 444 g/mol. The van der Waals surface area contributed by atoms with E-state index in [1.807, 2.05) is 79.7 Å². The predicted octanol–water partition coefficient (Wildman–Crippen LogP) is 5.23. The summed E-state index contributed by atoms with van der Waals surface area (Å²) in [7, 11) is 0. The number of aromatic nitrogens is 1. The van der Waals surface area contributed by atoms with Gasteiger partial charge in [-0.1, -0.05) is 60.7 Å². The molecule has 0 aliphatic heterocycles. The number of amides is 1. The van der Waals surface area contributed by atoms with E-state index < -0.39 is 12.1 Å². The number of aliphatic hydroxyl groups is 1. The fraction of sp³-hybridized carbons (Fsp3) is 0.214. The molecule has 4 rings (SSSR count). The standard InChI is InChI=1S/C28H28N2O5/c1-20-25(29-27(35-20)23-10-6-3-7-11-23)16-17-33-24-14-12-22(13-15-24)26(18-31)30-28(32)34-19-21-8-4-2-5-9-21/h2-15,26,31H,16-19H2,1H3,(H,30,32)/t26-/m1/s1. The first-order chi connectivity index (χ1) is 17.1. The summed E-state index contributed by atoms with van der Waals surface area (Å²) in [6.45, 7) is 2.25. The molecule has 4 aromatic rings. The zero-order valence-electron chi connectivity index (χ0n) is 19.5. The van der Waals surface area contributed by atoms with E-state index in [4.69, 9.17) is 13.9 Å². The van der Waals surface area contributed by atoms with Crippen LogP contribution < -0.4 is 10.1 Å². The normalized spacial score (nSPS) is 11.6. The molecule has 0 bridgehead atoms.